The molecule has 0 spiro atoms. The third-order valence-electron chi connectivity index (χ3n) is 4.16. The summed E-state index contributed by atoms with van der Waals surface area (Å²) in [5, 5.41) is 3.98. The van der Waals surface area contributed by atoms with Gasteiger partial charge in [0, 0.05) is 39.4 Å². The highest BCUT2D eigenvalue weighted by atomic mass is 32.2. The molecule has 1 aromatic carbocycles. The molecule has 9 heteroatoms. The first-order valence-electron chi connectivity index (χ1n) is 7.63. The van der Waals surface area contributed by atoms with Crippen LogP contribution in [0, 0.1) is 0 Å². The summed E-state index contributed by atoms with van der Waals surface area (Å²) in [7, 11) is 0.797. The average Bonchev–Trinajstić information content (AvgIpc) is 2.99. The number of hydrogen-bond donors (Lipinski definition) is 0. The first-order chi connectivity index (χ1) is 11.7. The van der Waals surface area contributed by atoms with E-state index in [2.05, 4.69) is 5.10 Å². The van der Waals surface area contributed by atoms with Crippen LogP contribution in [0.4, 0.5) is 5.69 Å². The standard InChI is InChI=1S/C16H18N4O4S/c1-18(2)25(23,24)12-5-4-11-8-9-20(14(11)10-12)16(22)13-6-7-15(21)19(3)17-13/h4-7,10H,8-9H2,1-3H3. The first kappa shape index (κ1) is 17.3. The van der Waals surface area contributed by atoms with Crippen molar-refractivity contribution in [1.82, 2.24) is 14.1 Å². The molecule has 1 amide bonds. The molecule has 0 aliphatic carbocycles. The Morgan fingerprint density at radius 1 is 1.20 bits per heavy atom. The van der Waals surface area contributed by atoms with E-state index in [0.717, 1.165) is 14.6 Å². The van der Waals surface area contributed by atoms with Crippen LogP contribution >= 0.6 is 0 Å². The maximum Gasteiger partial charge on any atom is 0.278 e. The van der Waals surface area contributed by atoms with Gasteiger partial charge >= 0.3 is 0 Å². The SMILES string of the molecule is CN(C)S(=O)(=O)c1ccc2c(c1)N(C(=O)c1ccc(=O)n(C)n1)CC2. The third kappa shape index (κ3) is 2.96. The average molecular weight is 362 g/mol. The summed E-state index contributed by atoms with van der Waals surface area (Å²) < 4.78 is 26.9. The smallest absolute Gasteiger partial charge is 0.278 e. The number of nitrogens with zero attached hydrogens (tertiary/aromatic N) is 4. The van der Waals surface area contributed by atoms with Gasteiger partial charge in [0.25, 0.3) is 11.5 Å². The number of aromatic nitrogens is 2. The molecule has 0 atom stereocenters. The van der Waals surface area contributed by atoms with Gasteiger partial charge in [0.15, 0.2) is 0 Å². The zero-order chi connectivity index (χ0) is 18.4. The van der Waals surface area contributed by atoms with Crippen molar-refractivity contribution < 1.29 is 13.2 Å². The maximum absolute atomic E-state index is 12.8. The summed E-state index contributed by atoms with van der Waals surface area (Å²) >= 11 is 0. The molecule has 0 unspecified atom stereocenters. The predicted molar refractivity (Wildman–Crippen MR) is 92.2 cm³/mol. The molecule has 0 saturated carbocycles. The lowest BCUT2D eigenvalue weighted by Crippen LogP contribution is -2.32. The number of hydrogen-bond acceptors (Lipinski definition) is 5. The van der Waals surface area contributed by atoms with Crippen LogP contribution in [0.1, 0.15) is 16.1 Å². The summed E-state index contributed by atoms with van der Waals surface area (Å²) in [6, 6.07) is 7.45. The highest BCUT2D eigenvalue weighted by Crippen LogP contribution is 2.32. The fourth-order valence-electron chi connectivity index (χ4n) is 2.70. The Labute approximate surface area is 145 Å². The van der Waals surface area contributed by atoms with Crippen molar-refractivity contribution in [3.63, 3.8) is 0 Å². The van der Waals surface area contributed by atoms with Gasteiger partial charge in [0.2, 0.25) is 10.0 Å². The zero-order valence-corrected chi connectivity index (χ0v) is 14.9. The van der Waals surface area contributed by atoms with Gasteiger partial charge in [0.05, 0.1) is 4.90 Å². The van der Waals surface area contributed by atoms with Crippen molar-refractivity contribution in [3.05, 3.63) is 51.9 Å². The topological polar surface area (TPSA) is 92.6 Å². The van der Waals surface area contributed by atoms with E-state index in [-0.39, 0.29) is 22.1 Å². The fourth-order valence-corrected chi connectivity index (χ4v) is 3.62. The van der Waals surface area contributed by atoms with Gasteiger partial charge in [-0.1, -0.05) is 6.07 Å². The van der Waals surface area contributed by atoms with E-state index in [4.69, 9.17) is 0 Å². The fraction of sp³-hybridized carbons (Fsp3) is 0.312. The number of anilines is 1. The number of amides is 1. The van der Waals surface area contributed by atoms with Crippen LogP contribution in [-0.2, 0) is 23.5 Å². The molecule has 2 heterocycles. The summed E-state index contributed by atoms with van der Waals surface area (Å²) in [4.78, 5) is 25.8. The molecule has 0 radical (unpaired) electrons. The lowest BCUT2D eigenvalue weighted by atomic mass is 10.2. The van der Waals surface area contributed by atoms with Gasteiger partial charge in [-0.3, -0.25) is 9.59 Å². The Bertz CT molecular complexity index is 1010. The lowest BCUT2D eigenvalue weighted by Gasteiger charge is -2.18. The number of fused-ring (bicyclic) bond motifs is 1. The maximum atomic E-state index is 12.8. The van der Waals surface area contributed by atoms with Crippen LogP contribution in [0.3, 0.4) is 0 Å². The van der Waals surface area contributed by atoms with E-state index >= 15 is 0 Å². The molecule has 1 aliphatic rings. The highest BCUT2D eigenvalue weighted by Gasteiger charge is 2.29. The van der Waals surface area contributed by atoms with Crippen molar-refractivity contribution in [2.75, 3.05) is 25.5 Å². The second-order valence-electron chi connectivity index (χ2n) is 5.97. The summed E-state index contributed by atoms with van der Waals surface area (Å²) in [5.74, 6) is -0.367. The number of carbonyl (C=O) groups excluding carboxylic acids is 1. The van der Waals surface area contributed by atoms with Gasteiger partial charge in [-0.15, -0.1) is 0 Å². The van der Waals surface area contributed by atoms with E-state index in [1.54, 1.807) is 12.1 Å². The van der Waals surface area contributed by atoms with Crippen molar-refractivity contribution in [1.29, 1.82) is 0 Å². The van der Waals surface area contributed by atoms with Gasteiger partial charge in [0.1, 0.15) is 5.69 Å². The van der Waals surface area contributed by atoms with E-state index in [0.29, 0.717) is 18.7 Å². The molecule has 0 saturated heterocycles. The lowest BCUT2D eigenvalue weighted by molar-refractivity contribution is 0.0982. The molecule has 25 heavy (non-hydrogen) atoms. The van der Waals surface area contributed by atoms with Crippen LogP contribution in [-0.4, -0.2) is 49.1 Å². The van der Waals surface area contributed by atoms with Crippen molar-refractivity contribution in [2.24, 2.45) is 7.05 Å². The largest absolute Gasteiger partial charge is 0.306 e. The first-order valence-corrected chi connectivity index (χ1v) is 9.07. The summed E-state index contributed by atoms with van der Waals surface area (Å²) in [6.45, 7) is 0.435. The molecule has 0 fully saturated rings. The van der Waals surface area contributed by atoms with E-state index < -0.39 is 10.0 Å². The summed E-state index contributed by atoms with van der Waals surface area (Å²) in [6.07, 6.45) is 0.634. The van der Waals surface area contributed by atoms with Crippen LogP contribution in [0.2, 0.25) is 0 Å². The van der Waals surface area contributed by atoms with Crippen molar-refractivity contribution in [2.45, 2.75) is 11.3 Å². The third-order valence-corrected chi connectivity index (χ3v) is 5.97. The van der Waals surface area contributed by atoms with Gasteiger partial charge in [-0.2, -0.15) is 5.10 Å². The highest BCUT2D eigenvalue weighted by molar-refractivity contribution is 7.89. The number of carbonyl (C=O) groups is 1. The molecule has 1 aliphatic heterocycles. The minimum atomic E-state index is -3.59. The Kier molecular flexibility index (Phi) is 4.21. The van der Waals surface area contributed by atoms with Crippen LogP contribution < -0.4 is 10.5 Å². The Balaban J connectivity index is 2.02. The van der Waals surface area contributed by atoms with Crippen molar-refractivity contribution >= 4 is 21.6 Å². The quantitative estimate of drug-likeness (QED) is 0.779. The number of aryl methyl sites for hydroxylation is 1. The summed E-state index contributed by atoms with van der Waals surface area (Å²) in [5.41, 5.74) is 1.29. The zero-order valence-electron chi connectivity index (χ0n) is 14.1. The van der Waals surface area contributed by atoms with Crippen molar-refractivity contribution in [3.8, 4) is 0 Å². The van der Waals surface area contributed by atoms with E-state index in [9.17, 15) is 18.0 Å². The van der Waals surface area contributed by atoms with Crippen LogP contribution in [0.15, 0.2) is 40.0 Å². The van der Waals surface area contributed by atoms with Crippen LogP contribution in [0.5, 0.6) is 0 Å². The van der Waals surface area contributed by atoms with Gasteiger partial charge < -0.3 is 4.90 Å². The Morgan fingerprint density at radius 2 is 1.92 bits per heavy atom. The number of sulfonamides is 1. The minimum absolute atomic E-state index is 0.129. The number of rotatable bonds is 3. The molecule has 0 bridgehead atoms. The normalized spacial score (nSPS) is 14.0. The second-order valence-corrected chi connectivity index (χ2v) is 8.12. The monoisotopic (exact) mass is 362 g/mol. The minimum Gasteiger partial charge on any atom is -0.306 e. The molecule has 132 valence electrons. The van der Waals surface area contributed by atoms with E-state index in [1.165, 1.54) is 44.2 Å². The molecule has 8 nitrogen and oxygen atoms in total. The predicted octanol–water partition coefficient (Wildman–Crippen LogP) is 0.234. The van der Waals surface area contributed by atoms with E-state index in [1.807, 2.05) is 0 Å². The molecule has 3 rings (SSSR count). The number of benzene rings is 1. The molecule has 1 aromatic heterocycles. The van der Waals surface area contributed by atoms with Gasteiger partial charge in [-0.25, -0.2) is 17.4 Å². The Morgan fingerprint density at radius 3 is 2.56 bits per heavy atom. The molecular formula is C16H18N4O4S. The molecule has 0 N–H and O–H groups in total. The second kappa shape index (κ2) is 6.08. The van der Waals surface area contributed by atoms with Crippen LogP contribution in [0.25, 0.3) is 0 Å². The van der Waals surface area contributed by atoms with Gasteiger partial charge in [-0.05, 0) is 30.2 Å². The molecular weight excluding hydrogens is 344 g/mol. The molecule has 2 aromatic rings. The Hall–Kier alpha value is -2.52.